The van der Waals surface area contributed by atoms with Crippen molar-refractivity contribution in [3.8, 4) is 0 Å². The SMILES string of the molecule is C/C=C(\C)C=O.C=C(/C=C\C(=C)C(=C)/C(=C\C(=C)[C@@]1(C)C=CC(C)C1)COC)CC. The second-order valence-electron chi connectivity index (χ2n) is 8.09. The zero-order valence-electron chi connectivity index (χ0n) is 19.9. The van der Waals surface area contributed by atoms with E-state index in [9.17, 15) is 4.79 Å². The van der Waals surface area contributed by atoms with E-state index in [0.29, 0.717) is 12.5 Å². The third kappa shape index (κ3) is 9.37. The molecule has 164 valence electrons. The molecular weight excluding hydrogens is 368 g/mol. The fourth-order valence-electron chi connectivity index (χ4n) is 2.88. The molecule has 0 heterocycles. The quantitative estimate of drug-likeness (QED) is 0.162. The van der Waals surface area contributed by atoms with Crippen molar-refractivity contribution in [2.45, 2.75) is 47.5 Å². The number of carbonyl (C=O) groups excluding carboxylic acids is 1. The Kier molecular flexibility index (Phi) is 12.6. The highest BCUT2D eigenvalue weighted by molar-refractivity contribution is 5.71. The van der Waals surface area contributed by atoms with Gasteiger partial charge < -0.3 is 4.74 Å². The summed E-state index contributed by atoms with van der Waals surface area (Å²) in [6, 6.07) is 0. The Hall–Kier alpha value is -2.45. The van der Waals surface area contributed by atoms with Gasteiger partial charge in [0, 0.05) is 12.5 Å². The maximum Gasteiger partial charge on any atom is 0.145 e. The Bertz CT molecular complexity index is 770. The normalized spacial score (nSPS) is 21.2. The van der Waals surface area contributed by atoms with E-state index in [1.807, 2.05) is 19.1 Å². The van der Waals surface area contributed by atoms with Crippen LogP contribution in [0.25, 0.3) is 0 Å². The van der Waals surface area contributed by atoms with Gasteiger partial charge in [-0.1, -0.05) is 89.1 Å². The lowest BCUT2D eigenvalue weighted by molar-refractivity contribution is -0.104. The van der Waals surface area contributed by atoms with Gasteiger partial charge in [0.2, 0.25) is 0 Å². The van der Waals surface area contributed by atoms with Gasteiger partial charge in [-0.2, -0.15) is 0 Å². The first-order chi connectivity index (χ1) is 14.0. The monoisotopic (exact) mass is 408 g/mol. The fraction of sp³-hybridized carbons (Fsp3) is 0.393. The van der Waals surface area contributed by atoms with E-state index in [0.717, 1.165) is 52.6 Å². The summed E-state index contributed by atoms with van der Waals surface area (Å²) in [6.07, 6.45) is 15.2. The van der Waals surface area contributed by atoms with Gasteiger partial charge >= 0.3 is 0 Å². The van der Waals surface area contributed by atoms with Crippen LogP contribution in [0.5, 0.6) is 0 Å². The lowest BCUT2D eigenvalue weighted by Crippen LogP contribution is -2.14. The van der Waals surface area contributed by atoms with Gasteiger partial charge in [-0.25, -0.2) is 0 Å². The molecule has 1 rings (SSSR count). The number of methoxy groups -OCH3 is 1. The number of hydrogen-bond donors (Lipinski definition) is 0. The molecule has 0 amide bonds. The smallest absolute Gasteiger partial charge is 0.145 e. The van der Waals surface area contributed by atoms with Gasteiger partial charge in [0.15, 0.2) is 0 Å². The molecule has 1 aliphatic rings. The molecule has 0 aliphatic heterocycles. The van der Waals surface area contributed by atoms with Crippen molar-refractivity contribution >= 4 is 6.29 Å². The molecule has 2 nitrogen and oxygen atoms in total. The van der Waals surface area contributed by atoms with E-state index in [1.165, 1.54) is 0 Å². The molecule has 1 unspecified atom stereocenters. The van der Waals surface area contributed by atoms with Crippen molar-refractivity contribution < 1.29 is 9.53 Å². The molecular formula is C28H40O2. The maximum absolute atomic E-state index is 9.67. The number of rotatable bonds is 10. The lowest BCUT2D eigenvalue weighted by Gasteiger charge is -2.25. The zero-order valence-corrected chi connectivity index (χ0v) is 19.9. The van der Waals surface area contributed by atoms with Crippen LogP contribution in [0.1, 0.15) is 47.5 Å². The minimum absolute atomic E-state index is 0.00631. The molecule has 30 heavy (non-hydrogen) atoms. The highest BCUT2D eigenvalue weighted by Crippen LogP contribution is 2.41. The first kappa shape index (κ1) is 27.5. The Morgan fingerprint density at radius 3 is 2.27 bits per heavy atom. The number of carbonyl (C=O) groups is 1. The average molecular weight is 409 g/mol. The van der Waals surface area contributed by atoms with Crippen molar-refractivity contribution in [2.24, 2.45) is 11.3 Å². The molecule has 0 bridgehead atoms. The number of aldehydes is 1. The molecule has 0 saturated carbocycles. The second-order valence-corrected chi connectivity index (χ2v) is 8.09. The molecule has 2 heteroatoms. The number of ether oxygens (including phenoxy) is 1. The van der Waals surface area contributed by atoms with Crippen molar-refractivity contribution in [1.82, 2.24) is 0 Å². The third-order valence-electron chi connectivity index (χ3n) is 5.31. The van der Waals surface area contributed by atoms with E-state index in [2.05, 4.69) is 65.3 Å². The molecule has 1 aliphatic carbocycles. The minimum Gasteiger partial charge on any atom is -0.380 e. The van der Waals surface area contributed by atoms with Crippen LogP contribution in [-0.4, -0.2) is 20.0 Å². The van der Waals surface area contributed by atoms with Gasteiger partial charge in [0.05, 0.1) is 6.61 Å². The van der Waals surface area contributed by atoms with Gasteiger partial charge in [-0.3, -0.25) is 4.79 Å². The predicted molar refractivity (Wildman–Crippen MR) is 132 cm³/mol. The van der Waals surface area contributed by atoms with Crippen LogP contribution in [0.2, 0.25) is 0 Å². The van der Waals surface area contributed by atoms with E-state index in [4.69, 9.17) is 4.74 Å². The Balaban J connectivity index is 0.00000122. The van der Waals surface area contributed by atoms with Gasteiger partial charge in [0.25, 0.3) is 0 Å². The van der Waals surface area contributed by atoms with Crippen molar-refractivity contribution in [1.29, 1.82) is 0 Å². The molecule has 0 spiro atoms. The summed E-state index contributed by atoms with van der Waals surface area (Å²) in [5.41, 5.74) is 5.74. The van der Waals surface area contributed by atoms with E-state index < -0.39 is 0 Å². The summed E-state index contributed by atoms with van der Waals surface area (Å²) in [6.45, 7) is 27.3. The van der Waals surface area contributed by atoms with Crippen molar-refractivity contribution in [2.75, 3.05) is 13.7 Å². The largest absolute Gasteiger partial charge is 0.380 e. The molecule has 0 aromatic heterocycles. The summed E-state index contributed by atoms with van der Waals surface area (Å²) in [7, 11) is 1.70. The Labute approximate surface area is 184 Å². The first-order valence-corrected chi connectivity index (χ1v) is 10.4. The zero-order chi connectivity index (χ0) is 23.3. The van der Waals surface area contributed by atoms with Gasteiger partial charge in [-0.05, 0) is 60.5 Å². The Morgan fingerprint density at radius 2 is 1.87 bits per heavy atom. The average Bonchev–Trinajstić information content (AvgIpc) is 3.10. The summed E-state index contributed by atoms with van der Waals surface area (Å²) in [5.74, 6) is 0.590. The second kappa shape index (κ2) is 13.7. The molecule has 0 N–H and O–H groups in total. The highest BCUT2D eigenvalue weighted by atomic mass is 16.5. The summed E-state index contributed by atoms with van der Waals surface area (Å²) in [5, 5.41) is 0. The van der Waals surface area contributed by atoms with Gasteiger partial charge in [-0.15, -0.1) is 0 Å². The van der Waals surface area contributed by atoms with Crippen molar-refractivity contribution in [3.63, 3.8) is 0 Å². The Morgan fingerprint density at radius 1 is 1.23 bits per heavy atom. The van der Waals surface area contributed by atoms with Crippen LogP contribution in [0, 0.1) is 11.3 Å². The predicted octanol–water partition coefficient (Wildman–Crippen LogP) is 7.50. The molecule has 0 saturated heterocycles. The molecule has 0 aromatic rings. The number of allylic oxidation sites excluding steroid dienone is 10. The molecule has 0 aromatic carbocycles. The highest BCUT2D eigenvalue weighted by Gasteiger charge is 2.30. The van der Waals surface area contributed by atoms with Crippen molar-refractivity contribution in [3.05, 3.63) is 96.2 Å². The molecule has 0 radical (unpaired) electrons. The lowest BCUT2D eigenvalue weighted by atomic mass is 9.79. The van der Waals surface area contributed by atoms with Crippen LogP contribution in [0.3, 0.4) is 0 Å². The topological polar surface area (TPSA) is 26.3 Å². The first-order valence-electron chi connectivity index (χ1n) is 10.4. The van der Waals surface area contributed by atoms with Crippen LogP contribution in [0.4, 0.5) is 0 Å². The van der Waals surface area contributed by atoms with Crippen LogP contribution < -0.4 is 0 Å². The van der Waals surface area contributed by atoms with E-state index in [1.54, 1.807) is 20.1 Å². The third-order valence-corrected chi connectivity index (χ3v) is 5.31. The summed E-state index contributed by atoms with van der Waals surface area (Å²) in [4.78, 5) is 9.67. The maximum atomic E-state index is 9.67. The van der Waals surface area contributed by atoms with E-state index >= 15 is 0 Å². The summed E-state index contributed by atoms with van der Waals surface area (Å²) >= 11 is 0. The molecule has 0 fully saturated rings. The standard InChI is InChI=1S/C23H32O.C5H8O/c1-9-17(2)10-11-19(4)21(6)22(16-24-8)14-20(5)23(7)13-12-18(3)15-23;1-3-5(2)4-6/h10-14,18H,2,4-6,9,15-16H2,1,3,7-8H3;3-4H,1-2H3/b11-10-,22-14-;5-3+/t18?,23-;/m0./s1. The number of hydrogen-bond acceptors (Lipinski definition) is 2. The summed E-state index contributed by atoms with van der Waals surface area (Å²) < 4.78 is 5.37. The van der Waals surface area contributed by atoms with Crippen LogP contribution in [-0.2, 0) is 9.53 Å². The van der Waals surface area contributed by atoms with Crippen LogP contribution >= 0.6 is 0 Å². The van der Waals surface area contributed by atoms with Crippen LogP contribution in [0.15, 0.2) is 96.2 Å². The fourth-order valence-corrected chi connectivity index (χ4v) is 2.88. The van der Waals surface area contributed by atoms with Gasteiger partial charge in [0.1, 0.15) is 6.29 Å². The van der Waals surface area contributed by atoms with E-state index in [-0.39, 0.29) is 5.41 Å². The molecule has 2 atom stereocenters. The minimum atomic E-state index is 0.00631.